The van der Waals surface area contributed by atoms with E-state index in [-0.39, 0.29) is 5.97 Å². The van der Waals surface area contributed by atoms with E-state index in [1.54, 1.807) is 6.92 Å². The highest BCUT2D eigenvalue weighted by atomic mass is 16.5. The van der Waals surface area contributed by atoms with Crippen molar-refractivity contribution in [3.8, 4) is 0 Å². The van der Waals surface area contributed by atoms with Crippen LogP contribution < -0.4 is 5.32 Å². The number of allylic oxidation sites excluding steroid dienone is 1. The van der Waals surface area contributed by atoms with Crippen LogP contribution >= 0.6 is 0 Å². The molecule has 0 spiro atoms. The molecule has 0 heterocycles. The summed E-state index contributed by atoms with van der Waals surface area (Å²) in [5.74, 6) is -0.320. The van der Waals surface area contributed by atoms with Crippen molar-refractivity contribution in [1.29, 1.82) is 0 Å². The molecule has 0 atom stereocenters. The van der Waals surface area contributed by atoms with Gasteiger partial charge >= 0.3 is 5.97 Å². The van der Waals surface area contributed by atoms with Crippen molar-refractivity contribution < 1.29 is 9.53 Å². The van der Waals surface area contributed by atoms with Crippen LogP contribution in [0.4, 0.5) is 5.69 Å². The van der Waals surface area contributed by atoms with E-state index in [1.807, 2.05) is 38.1 Å². The molecule has 1 aromatic carbocycles. The summed E-state index contributed by atoms with van der Waals surface area (Å²) in [5.41, 5.74) is 2.93. The van der Waals surface area contributed by atoms with Crippen LogP contribution in [0.3, 0.4) is 0 Å². The lowest BCUT2D eigenvalue weighted by Crippen LogP contribution is -2.04. The minimum absolute atomic E-state index is 0.320. The van der Waals surface area contributed by atoms with Gasteiger partial charge in [0, 0.05) is 17.5 Å². The van der Waals surface area contributed by atoms with Crippen molar-refractivity contribution >= 4 is 11.7 Å². The molecule has 0 saturated heterocycles. The maximum absolute atomic E-state index is 11.2. The fourth-order valence-electron chi connectivity index (χ4n) is 1.26. The van der Waals surface area contributed by atoms with Crippen LogP contribution in [0.5, 0.6) is 0 Å². The van der Waals surface area contributed by atoms with Crippen molar-refractivity contribution in [3.63, 3.8) is 0 Å². The smallest absolute Gasteiger partial charge is 0.332 e. The lowest BCUT2D eigenvalue weighted by molar-refractivity contribution is -0.137. The van der Waals surface area contributed by atoms with Crippen LogP contribution in [-0.2, 0) is 9.53 Å². The second-order valence-corrected chi connectivity index (χ2v) is 3.57. The summed E-state index contributed by atoms with van der Waals surface area (Å²) in [7, 11) is 0. The third-order valence-electron chi connectivity index (χ3n) is 2.01. The van der Waals surface area contributed by atoms with Gasteiger partial charge in [-0.3, -0.25) is 0 Å². The van der Waals surface area contributed by atoms with Crippen molar-refractivity contribution in [2.45, 2.75) is 20.8 Å². The molecular weight excluding hydrogens is 202 g/mol. The summed E-state index contributed by atoms with van der Waals surface area (Å²) in [6, 6.07) is 7.97. The molecule has 0 aliphatic heterocycles. The monoisotopic (exact) mass is 219 g/mol. The third kappa shape index (κ3) is 4.17. The Kier molecular flexibility index (Phi) is 4.58. The molecule has 3 nitrogen and oxygen atoms in total. The second-order valence-electron chi connectivity index (χ2n) is 3.57. The summed E-state index contributed by atoms with van der Waals surface area (Å²) >= 11 is 0. The molecule has 0 unspecified atom stereocenters. The highest BCUT2D eigenvalue weighted by molar-refractivity contribution is 5.83. The second kappa shape index (κ2) is 5.95. The average molecular weight is 219 g/mol. The van der Waals surface area contributed by atoms with Crippen LogP contribution in [0, 0.1) is 6.92 Å². The molecule has 1 rings (SSSR count). The first-order valence-electron chi connectivity index (χ1n) is 5.30. The Hall–Kier alpha value is -1.77. The third-order valence-corrected chi connectivity index (χ3v) is 2.01. The normalized spacial score (nSPS) is 11.1. The minimum atomic E-state index is -0.320. The van der Waals surface area contributed by atoms with Gasteiger partial charge in [0.15, 0.2) is 0 Å². The molecule has 0 bridgehead atoms. The molecule has 1 N–H and O–H groups in total. The van der Waals surface area contributed by atoms with Crippen molar-refractivity contribution in [2.24, 2.45) is 0 Å². The summed E-state index contributed by atoms with van der Waals surface area (Å²) < 4.78 is 4.81. The van der Waals surface area contributed by atoms with Crippen molar-refractivity contribution in [2.75, 3.05) is 11.9 Å². The first-order chi connectivity index (χ1) is 7.61. The molecule has 86 valence electrons. The van der Waals surface area contributed by atoms with E-state index < -0.39 is 0 Å². The van der Waals surface area contributed by atoms with E-state index in [1.165, 1.54) is 11.6 Å². The molecule has 0 aliphatic carbocycles. The predicted molar refractivity (Wildman–Crippen MR) is 65.2 cm³/mol. The molecule has 0 fully saturated rings. The van der Waals surface area contributed by atoms with Crippen LogP contribution in [-0.4, -0.2) is 12.6 Å². The molecule has 0 amide bonds. The summed E-state index contributed by atoms with van der Waals surface area (Å²) in [6.07, 6.45) is 1.45. The fourth-order valence-corrected chi connectivity index (χ4v) is 1.26. The Morgan fingerprint density at radius 2 is 2.00 bits per heavy atom. The number of ether oxygens (including phenoxy) is 1. The molecule has 0 radical (unpaired) electrons. The number of rotatable bonds is 4. The van der Waals surface area contributed by atoms with Gasteiger partial charge in [0.25, 0.3) is 0 Å². The quantitative estimate of drug-likeness (QED) is 0.625. The fraction of sp³-hybridized carbons (Fsp3) is 0.308. The van der Waals surface area contributed by atoms with Gasteiger partial charge in [0.1, 0.15) is 0 Å². The largest absolute Gasteiger partial charge is 0.463 e. The molecule has 3 heteroatoms. The number of hydrogen-bond acceptors (Lipinski definition) is 3. The van der Waals surface area contributed by atoms with Crippen LogP contribution in [0.2, 0.25) is 0 Å². The lowest BCUT2D eigenvalue weighted by Gasteiger charge is -2.06. The topological polar surface area (TPSA) is 38.3 Å². The van der Waals surface area contributed by atoms with Gasteiger partial charge in [0.05, 0.1) is 6.61 Å². The van der Waals surface area contributed by atoms with E-state index in [2.05, 4.69) is 5.32 Å². The number of carbonyl (C=O) groups excluding carboxylic acids is 1. The maximum Gasteiger partial charge on any atom is 0.332 e. The van der Waals surface area contributed by atoms with E-state index in [4.69, 9.17) is 4.74 Å². The Labute approximate surface area is 96.1 Å². The Morgan fingerprint density at radius 3 is 2.56 bits per heavy atom. The van der Waals surface area contributed by atoms with Crippen molar-refractivity contribution in [1.82, 2.24) is 0 Å². The Bertz CT molecular complexity index is 379. The standard InChI is InChI=1S/C13H17NO2/c1-4-16-13(15)9-11(3)14-12-7-5-10(2)6-8-12/h5-9,14H,4H2,1-3H3. The Morgan fingerprint density at radius 1 is 1.38 bits per heavy atom. The van der Waals surface area contributed by atoms with Gasteiger partial charge < -0.3 is 10.1 Å². The highest BCUT2D eigenvalue weighted by Crippen LogP contribution is 2.11. The van der Waals surface area contributed by atoms with Gasteiger partial charge in [-0.05, 0) is 32.9 Å². The SMILES string of the molecule is CCOC(=O)C=C(C)Nc1ccc(C)cc1. The van der Waals surface area contributed by atoms with E-state index in [0.29, 0.717) is 6.61 Å². The van der Waals surface area contributed by atoms with E-state index in [0.717, 1.165) is 11.4 Å². The maximum atomic E-state index is 11.2. The minimum Gasteiger partial charge on any atom is -0.463 e. The van der Waals surface area contributed by atoms with Gasteiger partial charge in [0.2, 0.25) is 0 Å². The van der Waals surface area contributed by atoms with E-state index in [9.17, 15) is 4.79 Å². The summed E-state index contributed by atoms with van der Waals surface area (Å²) in [6.45, 7) is 6.05. The van der Waals surface area contributed by atoms with Gasteiger partial charge in [-0.15, -0.1) is 0 Å². The Balaban J connectivity index is 2.60. The van der Waals surface area contributed by atoms with E-state index >= 15 is 0 Å². The number of anilines is 1. The molecule has 16 heavy (non-hydrogen) atoms. The summed E-state index contributed by atoms with van der Waals surface area (Å²) in [4.78, 5) is 11.2. The molecule has 0 aromatic heterocycles. The van der Waals surface area contributed by atoms with Crippen molar-refractivity contribution in [3.05, 3.63) is 41.6 Å². The zero-order valence-electron chi connectivity index (χ0n) is 9.91. The number of nitrogens with one attached hydrogen (secondary N) is 1. The highest BCUT2D eigenvalue weighted by Gasteiger charge is 1.98. The lowest BCUT2D eigenvalue weighted by atomic mass is 10.2. The number of carbonyl (C=O) groups is 1. The van der Waals surface area contributed by atoms with Crippen LogP contribution in [0.15, 0.2) is 36.0 Å². The first-order valence-corrected chi connectivity index (χ1v) is 5.30. The molecule has 0 aliphatic rings. The average Bonchev–Trinajstić information content (AvgIpc) is 2.21. The van der Waals surface area contributed by atoms with Gasteiger partial charge in [-0.2, -0.15) is 0 Å². The van der Waals surface area contributed by atoms with Gasteiger partial charge in [-0.1, -0.05) is 17.7 Å². The number of benzene rings is 1. The number of esters is 1. The van der Waals surface area contributed by atoms with Gasteiger partial charge in [-0.25, -0.2) is 4.79 Å². The molecular formula is C13H17NO2. The number of hydrogen-bond donors (Lipinski definition) is 1. The first kappa shape index (κ1) is 12.3. The zero-order valence-corrected chi connectivity index (χ0v) is 9.91. The zero-order chi connectivity index (χ0) is 12.0. The predicted octanol–water partition coefficient (Wildman–Crippen LogP) is 2.87. The molecule has 0 saturated carbocycles. The number of aryl methyl sites for hydroxylation is 1. The van der Waals surface area contributed by atoms with Crippen LogP contribution in [0.25, 0.3) is 0 Å². The molecule has 1 aromatic rings. The summed E-state index contributed by atoms with van der Waals surface area (Å²) in [5, 5.41) is 3.12. The van der Waals surface area contributed by atoms with Crippen LogP contribution in [0.1, 0.15) is 19.4 Å².